The first-order valence-electron chi connectivity index (χ1n) is 7.85. The molecule has 1 N–H and O–H groups in total. The molecule has 0 saturated carbocycles. The molecule has 0 radical (unpaired) electrons. The summed E-state index contributed by atoms with van der Waals surface area (Å²) >= 11 is 5.19. The lowest BCUT2D eigenvalue weighted by Gasteiger charge is -2.17. The van der Waals surface area contributed by atoms with Gasteiger partial charge in [-0.2, -0.15) is 0 Å². The fourth-order valence-electron chi connectivity index (χ4n) is 2.46. The summed E-state index contributed by atoms with van der Waals surface area (Å²) in [5.74, 6) is 1.46. The molecule has 0 unspecified atom stereocenters. The predicted octanol–water partition coefficient (Wildman–Crippen LogP) is 5.41. The van der Waals surface area contributed by atoms with E-state index in [1.807, 2.05) is 29.6 Å². The highest BCUT2D eigenvalue weighted by atomic mass is 79.9. The van der Waals surface area contributed by atoms with Crippen LogP contribution in [0.4, 0.5) is 5.13 Å². The van der Waals surface area contributed by atoms with Crippen molar-refractivity contribution in [3.05, 3.63) is 69.1 Å². The topological polar surface area (TPSA) is 43.4 Å². The van der Waals surface area contributed by atoms with Gasteiger partial charge in [0, 0.05) is 28.2 Å². The monoisotopic (exact) mass is 418 g/mol. The van der Waals surface area contributed by atoms with Gasteiger partial charge in [0.05, 0.1) is 7.11 Å². The summed E-state index contributed by atoms with van der Waals surface area (Å²) in [5.41, 5.74) is 3.37. The molecule has 0 atom stereocenters. The molecule has 0 spiro atoms. The average molecular weight is 419 g/mol. The Morgan fingerprint density at radius 3 is 2.76 bits per heavy atom. The van der Waals surface area contributed by atoms with Crippen LogP contribution in [-0.4, -0.2) is 12.1 Å². The standard InChI is InChI=1S/C19H19BrN2O2S/c1-13-5-3-4-6-14(13)12-24-18-15(11-22-19-21-9-10-25-19)16(20)7-8-17(18)23-2/h3-10H,11-12H2,1-2H3,(H,21,22). The number of hydrogen-bond acceptors (Lipinski definition) is 5. The molecule has 0 bridgehead atoms. The number of hydrogen-bond donors (Lipinski definition) is 1. The van der Waals surface area contributed by atoms with E-state index in [-0.39, 0.29) is 0 Å². The average Bonchev–Trinajstić information content (AvgIpc) is 3.14. The summed E-state index contributed by atoms with van der Waals surface area (Å²) in [5, 5.41) is 6.14. The minimum atomic E-state index is 0.490. The van der Waals surface area contributed by atoms with Crippen molar-refractivity contribution in [1.29, 1.82) is 0 Å². The normalized spacial score (nSPS) is 10.5. The molecule has 0 saturated heterocycles. The van der Waals surface area contributed by atoms with Gasteiger partial charge in [0.2, 0.25) is 0 Å². The lowest BCUT2D eigenvalue weighted by atomic mass is 10.1. The Bertz CT molecular complexity index is 837. The second kappa shape index (κ2) is 8.36. The summed E-state index contributed by atoms with van der Waals surface area (Å²) < 4.78 is 12.6. The van der Waals surface area contributed by atoms with Crippen molar-refractivity contribution in [1.82, 2.24) is 4.98 Å². The molecule has 0 aliphatic carbocycles. The molecule has 1 heterocycles. The van der Waals surface area contributed by atoms with Crippen molar-refractivity contribution in [3.8, 4) is 11.5 Å². The molecular weight excluding hydrogens is 400 g/mol. The van der Waals surface area contributed by atoms with Crippen LogP contribution in [-0.2, 0) is 13.2 Å². The molecule has 0 aliphatic heterocycles. The number of anilines is 1. The number of rotatable bonds is 7. The van der Waals surface area contributed by atoms with Crippen LogP contribution in [0.15, 0.2) is 52.4 Å². The van der Waals surface area contributed by atoms with Gasteiger partial charge in [-0.05, 0) is 30.2 Å². The fraction of sp³-hybridized carbons (Fsp3) is 0.211. The highest BCUT2D eigenvalue weighted by molar-refractivity contribution is 9.10. The molecule has 2 aromatic carbocycles. The molecule has 1 aromatic heterocycles. The van der Waals surface area contributed by atoms with E-state index in [1.165, 1.54) is 5.56 Å². The number of halogens is 1. The summed E-state index contributed by atoms with van der Waals surface area (Å²) in [6, 6.07) is 12.1. The van der Waals surface area contributed by atoms with Crippen LogP contribution < -0.4 is 14.8 Å². The van der Waals surface area contributed by atoms with Crippen LogP contribution in [0.25, 0.3) is 0 Å². The molecule has 6 heteroatoms. The van der Waals surface area contributed by atoms with Crippen LogP contribution in [0.2, 0.25) is 0 Å². The number of benzene rings is 2. The Morgan fingerprint density at radius 1 is 1.20 bits per heavy atom. The highest BCUT2D eigenvalue weighted by Crippen LogP contribution is 2.37. The molecular formula is C19H19BrN2O2S. The zero-order valence-electron chi connectivity index (χ0n) is 14.1. The van der Waals surface area contributed by atoms with E-state index in [9.17, 15) is 0 Å². The van der Waals surface area contributed by atoms with Crippen LogP contribution in [0.5, 0.6) is 11.5 Å². The van der Waals surface area contributed by atoms with Gasteiger partial charge in [-0.25, -0.2) is 4.98 Å². The van der Waals surface area contributed by atoms with Crippen molar-refractivity contribution in [2.45, 2.75) is 20.1 Å². The highest BCUT2D eigenvalue weighted by Gasteiger charge is 2.15. The maximum Gasteiger partial charge on any atom is 0.182 e. The van der Waals surface area contributed by atoms with Crippen LogP contribution >= 0.6 is 27.3 Å². The largest absolute Gasteiger partial charge is 0.493 e. The fourth-order valence-corrected chi connectivity index (χ4v) is 3.44. The molecule has 3 aromatic rings. The predicted molar refractivity (Wildman–Crippen MR) is 106 cm³/mol. The second-order valence-corrected chi connectivity index (χ2v) is 7.21. The van der Waals surface area contributed by atoms with Gasteiger partial charge in [-0.3, -0.25) is 0 Å². The molecule has 0 aliphatic rings. The van der Waals surface area contributed by atoms with Gasteiger partial charge in [0.25, 0.3) is 0 Å². The number of methoxy groups -OCH3 is 1. The summed E-state index contributed by atoms with van der Waals surface area (Å²) in [4.78, 5) is 4.26. The third-order valence-electron chi connectivity index (χ3n) is 3.87. The first-order valence-corrected chi connectivity index (χ1v) is 9.52. The Hall–Kier alpha value is -2.05. The Labute approximate surface area is 160 Å². The van der Waals surface area contributed by atoms with Gasteiger partial charge in [0.1, 0.15) is 6.61 Å². The van der Waals surface area contributed by atoms with E-state index < -0.39 is 0 Å². The molecule has 130 valence electrons. The van der Waals surface area contributed by atoms with Crippen molar-refractivity contribution >= 4 is 32.4 Å². The molecule has 4 nitrogen and oxygen atoms in total. The zero-order chi connectivity index (χ0) is 17.6. The number of ether oxygens (including phenoxy) is 2. The van der Waals surface area contributed by atoms with Gasteiger partial charge < -0.3 is 14.8 Å². The number of nitrogens with zero attached hydrogens (tertiary/aromatic N) is 1. The van der Waals surface area contributed by atoms with Crippen molar-refractivity contribution in [3.63, 3.8) is 0 Å². The van der Waals surface area contributed by atoms with E-state index in [4.69, 9.17) is 9.47 Å². The Balaban J connectivity index is 1.84. The lowest BCUT2D eigenvalue weighted by molar-refractivity contribution is 0.281. The van der Waals surface area contributed by atoms with E-state index in [0.29, 0.717) is 18.9 Å². The number of aromatic nitrogens is 1. The first-order chi connectivity index (χ1) is 12.2. The van der Waals surface area contributed by atoms with Gasteiger partial charge in [-0.15, -0.1) is 11.3 Å². The molecule has 3 rings (SSSR count). The smallest absolute Gasteiger partial charge is 0.182 e. The number of nitrogens with one attached hydrogen (secondary N) is 1. The minimum Gasteiger partial charge on any atom is -0.493 e. The quantitative estimate of drug-likeness (QED) is 0.556. The van der Waals surface area contributed by atoms with Crippen LogP contribution in [0.3, 0.4) is 0 Å². The van der Waals surface area contributed by atoms with Crippen molar-refractivity contribution in [2.75, 3.05) is 12.4 Å². The summed E-state index contributed by atoms with van der Waals surface area (Å²) in [6.45, 7) is 3.17. The summed E-state index contributed by atoms with van der Waals surface area (Å²) in [7, 11) is 1.65. The first kappa shape index (κ1) is 17.8. The maximum absolute atomic E-state index is 6.16. The minimum absolute atomic E-state index is 0.490. The third kappa shape index (κ3) is 4.32. The van der Waals surface area contributed by atoms with Crippen LogP contribution in [0.1, 0.15) is 16.7 Å². The molecule has 0 amide bonds. The van der Waals surface area contributed by atoms with E-state index in [2.05, 4.69) is 45.3 Å². The summed E-state index contributed by atoms with van der Waals surface area (Å²) in [6.07, 6.45) is 1.78. The SMILES string of the molecule is COc1ccc(Br)c(CNc2nccs2)c1OCc1ccccc1C. The van der Waals surface area contributed by atoms with Crippen LogP contribution in [0, 0.1) is 6.92 Å². The third-order valence-corrected chi connectivity index (χ3v) is 5.34. The van der Waals surface area contributed by atoms with Crippen molar-refractivity contribution in [2.24, 2.45) is 0 Å². The van der Waals surface area contributed by atoms with Gasteiger partial charge >= 0.3 is 0 Å². The molecule has 25 heavy (non-hydrogen) atoms. The Kier molecular flexibility index (Phi) is 5.94. The lowest BCUT2D eigenvalue weighted by Crippen LogP contribution is -2.06. The number of aryl methyl sites for hydroxylation is 1. The van der Waals surface area contributed by atoms with E-state index in [1.54, 1.807) is 24.6 Å². The Morgan fingerprint density at radius 2 is 2.04 bits per heavy atom. The molecule has 0 fully saturated rings. The van der Waals surface area contributed by atoms with E-state index in [0.717, 1.165) is 26.5 Å². The van der Waals surface area contributed by atoms with Gasteiger partial charge in [0.15, 0.2) is 16.6 Å². The van der Waals surface area contributed by atoms with Crippen molar-refractivity contribution < 1.29 is 9.47 Å². The number of thiazole rings is 1. The van der Waals surface area contributed by atoms with Gasteiger partial charge in [-0.1, -0.05) is 40.2 Å². The van der Waals surface area contributed by atoms with E-state index >= 15 is 0 Å². The maximum atomic E-state index is 6.16. The second-order valence-electron chi connectivity index (χ2n) is 5.46. The zero-order valence-corrected chi connectivity index (χ0v) is 16.5.